The largest absolute Gasteiger partial charge is 0.497 e. The summed E-state index contributed by atoms with van der Waals surface area (Å²) in [7, 11) is 3.46. The molecule has 1 amide bonds. The molecule has 7 nitrogen and oxygen atoms in total. The first-order chi connectivity index (χ1) is 16.1. The van der Waals surface area contributed by atoms with E-state index in [9.17, 15) is 9.59 Å². The summed E-state index contributed by atoms with van der Waals surface area (Å²) in [4.78, 5) is 33.7. The SMILES string of the molecule is COc1ccc(CNC(=O)c2c(-c3nc4ccccc4c(=O)[nH]3)c3ccccc3n2C)cc1. The first-order valence-corrected chi connectivity index (χ1v) is 10.5. The van der Waals surface area contributed by atoms with Gasteiger partial charge in [-0.05, 0) is 35.9 Å². The number of hydrogen-bond acceptors (Lipinski definition) is 4. The highest BCUT2D eigenvalue weighted by molar-refractivity contribution is 6.09. The molecule has 0 bridgehead atoms. The lowest BCUT2D eigenvalue weighted by molar-refractivity contribution is 0.0944. The van der Waals surface area contributed by atoms with Gasteiger partial charge in [0.2, 0.25) is 0 Å². The van der Waals surface area contributed by atoms with Crippen molar-refractivity contribution < 1.29 is 9.53 Å². The summed E-state index contributed by atoms with van der Waals surface area (Å²) in [5, 5.41) is 4.34. The number of rotatable bonds is 5. The first kappa shape index (κ1) is 20.5. The Balaban J connectivity index is 1.60. The highest BCUT2D eigenvalue weighted by Crippen LogP contribution is 2.32. The topological polar surface area (TPSA) is 89.0 Å². The van der Waals surface area contributed by atoms with Gasteiger partial charge in [0.15, 0.2) is 0 Å². The summed E-state index contributed by atoms with van der Waals surface area (Å²) in [5.41, 5.74) is 3.19. The standard InChI is InChI=1S/C26H22N4O3/c1-30-21-10-6-4-8-19(21)22(24-28-20-9-5-3-7-18(20)25(31)29-24)23(30)26(32)27-15-16-11-13-17(33-2)14-12-16/h3-14H,15H2,1-2H3,(H,27,32)(H,28,29,31). The second-order valence-corrected chi connectivity index (χ2v) is 7.76. The second-order valence-electron chi connectivity index (χ2n) is 7.76. The van der Waals surface area contributed by atoms with Gasteiger partial charge in [-0.1, -0.05) is 42.5 Å². The Kier molecular flexibility index (Phi) is 5.14. The minimum Gasteiger partial charge on any atom is -0.497 e. The number of carbonyl (C=O) groups is 1. The number of nitrogens with one attached hydrogen (secondary N) is 2. The van der Waals surface area contributed by atoms with Gasteiger partial charge in [-0.15, -0.1) is 0 Å². The molecule has 0 saturated carbocycles. The Morgan fingerprint density at radius 1 is 1.00 bits per heavy atom. The van der Waals surface area contributed by atoms with Crippen molar-refractivity contribution in [3.63, 3.8) is 0 Å². The molecule has 7 heteroatoms. The lowest BCUT2D eigenvalue weighted by Gasteiger charge is -2.10. The van der Waals surface area contributed by atoms with Gasteiger partial charge in [-0.2, -0.15) is 0 Å². The second kappa shape index (κ2) is 8.27. The maximum Gasteiger partial charge on any atom is 0.268 e. The molecule has 0 aliphatic heterocycles. The third-order valence-corrected chi connectivity index (χ3v) is 5.78. The molecule has 0 radical (unpaired) electrons. The molecule has 0 saturated heterocycles. The Morgan fingerprint density at radius 3 is 2.45 bits per heavy atom. The van der Waals surface area contributed by atoms with Crippen LogP contribution in [0.25, 0.3) is 33.2 Å². The Bertz CT molecular complexity index is 1550. The zero-order valence-electron chi connectivity index (χ0n) is 18.3. The first-order valence-electron chi connectivity index (χ1n) is 10.5. The van der Waals surface area contributed by atoms with Gasteiger partial charge >= 0.3 is 0 Å². The predicted molar refractivity (Wildman–Crippen MR) is 128 cm³/mol. The highest BCUT2D eigenvalue weighted by Gasteiger charge is 2.24. The average Bonchev–Trinajstić information content (AvgIpc) is 3.15. The van der Waals surface area contributed by atoms with E-state index in [0.29, 0.717) is 34.5 Å². The maximum atomic E-state index is 13.4. The molecule has 0 spiro atoms. The third kappa shape index (κ3) is 3.63. The van der Waals surface area contributed by atoms with E-state index in [1.807, 2.05) is 66.2 Å². The van der Waals surface area contributed by atoms with E-state index in [2.05, 4.69) is 15.3 Å². The highest BCUT2D eigenvalue weighted by atomic mass is 16.5. The average molecular weight is 438 g/mol. The lowest BCUT2D eigenvalue weighted by Crippen LogP contribution is -2.26. The number of para-hydroxylation sites is 2. The Labute approximate surface area is 189 Å². The van der Waals surface area contributed by atoms with Crippen molar-refractivity contribution in [1.29, 1.82) is 0 Å². The van der Waals surface area contributed by atoms with Crippen LogP contribution < -0.4 is 15.6 Å². The van der Waals surface area contributed by atoms with E-state index >= 15 is 0 Å². The van der Waals surface area contributed by atoms with Crippen LogP contribution in [0, 0.1) is 0 Å². The number of H-pyrrole nitrogens is 1. The number of amides is 1. The summed E-state index contributed by atoms with van der Waals surface area (Å²) < 4.78 is 7.03. The van der Waals surface area contributed by atoms with Crippen LogP contribution in [0.15, 0.2) is 77.6 Å². The normalized spacial score (nSPS) is 11.1. The van der Waals surface area contributed by atoms with Crippen molar-refractivity contribution >= 4 is 27.7 Å². The molecule has 0 aliphatic rings. The molecule has 0 fully saturated rings. The molecule has 33 heavy (non-hydrogen) atoms. The number of fused-ring (bicyclic) bond motifs is 2. The number of aromatic amines is 1. The van der Waals surface area contributed by atoms with Crippen molar-refractivity contribution in [2.75, 3.05) is 7.11 Å². The minimum absolute atomic E-state index is 0.242. The van der Waals surface area contributed by atoms with Gasteiger partial charge in [0, 0.05) is 24.5 Å². The zero-order valence-corrected chi connectivity index (χ0v) is 18.3. The molecule has 3 aromatic carbocycles. The van der Waals surface area contributed by atoms with Crippen LogP contribution in [-0.2, 0) is 13.6 Å². The summed E-state index contributed by atoms with van der Waals surface area (Å²) >= 11 is 0. The van der Waals surface area contributed by atoms with E-state index in [0.717, 1.165) is 22.2 Å². The number of aromatic nitrogens is 3. The van der Waals surface area contributed by atoms with Crippen molar-refractivity contribution in [2.24, 2.45) is 7.05 Å². The van der Waals surface area contributed by atoms with Crippen LogP contribution in [0.5, 0.6) is 5.75 Å². The number of methoxy groups -OCH3 is 1. The number of nitrogens with zero attached hydrogens (tertiary/aromatic N) is 2. The molecule has 0 atom stereocenters. The predicted octanol–water partition coefficient (Wildman–Crippen LogP) is 4.02. The Morgan fingerprint density at radius 2 is 1.70 bits per heavy atom. The van der Waals surface area contributed by atoms with Crippen molar-refractivity contribution in [2.45, 2.75) is 6.54 Å². The molecule has 164 valence electrons. The van der Waals surface area contributed by atoms with E-state index in [-0.39, 0.29) is 11.5 Å². The fraction of sp³-hybridized carbons (Fsp3) is 0.115. The van der Waals surface area contributed by atoms with Crippen LogP contribution in [-0.4, -0.2) is 27.6 Å². The maximum absolute atomic E-state index is 13.4. The van der Waals surface area contributed by atoms with E-state index in [1.165, 1.54) is 0 Å². The smallest absolute Gasteiger partial charge is 0.268 e. The summed E-state index contributed by atoms with van der Waals surface area (Å²) in [6.07, 6.45) is 0. The van der Waals surface area contributed by atoms with Crippen LogP contribution in [0.3, 0.4) is 0 Å². The molecule has 2 N–H and O–H groups in total. The summed E-state index contributed by atoms with van der Waals surface area (Å²) in [5.74, 6) is 0.868. The van der Waals surface area contributed by atoms with Gasteiger partial charge in [-0.3, -0.25) is 9.59 Å². The fourth-order valence-corrected chi connectivity index (χ4v) is 4.11. The van der Waals surface area contributed by atoms with E-state index in [1.54, 1.807) is 25.3 Å². The number of benzene rings is 3. The molecule has 2 heterocycles. The van der Waals surface area contributed by atoms with E-state index in [4.69, 9.17) is 4.74 Å². The zero-order chi connectivity index (χ0) is 22.9. The number of aryl methyl sites for hydroxylation is 1. The van der Waals surface area contributed by atoms with Crippen LogP contribution in [0.4, 0.5) is 0 Å². The lowest BCUT2D eigenvalue weighted by atomic mass is 10.1. The van der Waals surface area contributed by atoms with Crippen LogP contribution in [0.1, 0.15) is 16.1 Å². The van der Waals surface area contributed by atoms with Gasteiger partial charge in [0.05, 0.1) is 23.6 Å². The van der Waals surface area contributed by atoms with Crippen molar-refractivity contribution in [3.05, 3.63) is 94.4 Å². The third-order valence-electron chi connectivity index (χ3n) is 5.78. The summed E-state index contributed by atoms with van der Waals surface area (Å²) in [6.45, 7) is 0.353. The minimum atomic E-state index is -0.254. The number of ether oxygens (including phenoxy) is 1. The van der Waals surface area contributed by atoms with Crippen LogP contribution in [0.2, 0.25) is 0 Å². The molecular formula is C26H22N4O3. The van der Waals surface area contributed by atoms with Crippen LogP contribution >= 0.6 is 0 Å². The van der Waals surface area contributed by atoms with Crippen molar-refractivity contribution in [3.8, 4) is 17.1 Å². The van der Waals surface area contributed by atoms with Gasteiger partial charge < -0.3 is 19.6 Å². The number of hydrogen-bond donors (Lipinski definition) is 2. The molecule has 5 aromatic rings. The number of carbonyl (C=O) groups excluding carboxylic acids is 1. The van der Waals surface area contributed by atoms with Gasteiger partial charge in [0.1, 0.15) is 17.3 Å². The molecule has 5 rings (SSSR count). The quantitative estimate of drug-likeness (QED) is 0.434. The Hall–Kier alpha value is -4.39. The van der Waals surface area contributed by atoms with Crippen molar-refractivity contribution in [1.82, 2.24) is 19.9 Å². The molecule has 0 aliphatic carbocycles. The molecule has 2 aromatic heterocycles. The molecular weight excluding hydrogens is 416 g/mol. The fourth-order valence-electron chi connectivity index (χ4n) is 4.11. The van der Waals surface area contributed by atoms with E-state index < -0.39 is 0 Å². The monoisotopic (exact) mass is 438 g/mol. The summed E-state index contributed by atoms with van der Waals surface area (Å²) in [6, 6.07) is 22.4. The molecule has 0 unspecified atom stereocenters. The van der Waals surface area contributed by atoms with Gasteiger partial charge in [-0.25, -0.2) is 4.98 Å². The van der Waals surface area contributed by atoms with Gasteiger partial charge in [0.25, 0.3) is 11.5 Å².